The predicted octanol–water partition coefficient (Wildman–Crippen LogP) is 1.88. The number of nitro benzene ring substituents is 1. The number of rotatable bonds is 4. The van der Waals surface area contributed by atoms with Crippen LogP contribution in [-0.2, 0) is 0 Å². The monoisotopic (exact) mass is 261 g/mol. The number of carboxylic acid groups (broad SMARTS) is 1. The molecule has 1 aromatic heterocycles. The van der Waals surface area contributed by atoms with Crippen LogP contribution in [0.15, 0.2) is 36.8 Å². The molecule has 1 aromatic carbocycles. The van der Waals surface area contributed by atoms with Gasteiger partial charge in [0, 0.05) is 24.5 Å². The van der Waals surface area contributed by atoms with Crippen molar-refractivity contribution in [2.75, 3.05) is 0 Å². The third-order valence-corrected chi connectivity index (χ3v) is 2.16. The summed E-state index contributed by atoms with van der Waals surface area (Å²) in [6.45, 7) is 0. The SMILES string of the molecule is O=C(O)c1cc(Oc2cnccn2)ccc1[N+](=O)[O-]. The molecule has 0 amide bonds. The van der Waals surface area contributed by atoms with Crippen LogP contribution in [0.4, 0.5) is 5.69 Å². The van der Waals surface area contributed by atoms with Gasteiger partial charge in [0.1, 0.15) is 11.3 Å². The third-order valence-electron chi connectivity index (χ3n) is 2.16. The summed E-state index contributed by atoms with van der Waals surface area (Å²) in [5.74, 6) is -1.12. The number of ether oxygens (including phenoxy) is 1. The van der Waals surface area contributed by atoms with Gasteiger partial charge in [0.2, 0.25) is 5.88 Å². The maximum absolute atomic E-state index is 10.9. The number of aromatic carboxylic acids is 1. The molecule has 0 fully saturated rings. The normalized spacial score (nSPS) is 9.89. The average molecular weight is 261 g/mol. The van der Waals surface area contributed by atoms with E-state index in [2.05, 4.69) is 9.97 Å². The summed E-state index contributed by atoms with van der Waals surface area (Å²) in [6, 6.07) is 3.42. The van der Waals surface area contributed by atoms with E-state index in [1.807, 2.05) is 0 Å². The lowest BCUT2D eigenvalue weighted by molar-refractivity contribution is -0.385. The Labute approximate surface area is 106 Å². The Hall–Kier alpha value is -3.03. The zero-order chi connectivity index (χ0) is 13.8. The predicted molar refractivity (Wildman–Crippen MR) is 62.2 cm³/mol. The number of hydrogen-bond acceptors (Lipinski definition) is 6. The summed E-state index contributed by atoms with van der Waals surface area (Å²) in [5, 5.41) is 19.6. The molecule has 8 nitrogen and oxygen atoms in total. The fraction of sp³-hybridized carbons (Fsp3) is 0. The maximum Gasteiger partial charge on any atom is 0.342 e. The molecule has 0 radical (unpaired) electrons. The van der Waals surface area contributed by atoms with Crippen LogP contribution in [0.25, 0.3) is 0 Å². The maximum atomic E-state index is 10.9. The summed E-state index contributed by atoms with van der Waals surface area (Å²) in [6.07, 6.45) is 4.19. The number of aromatic nitrogens is 2. The second kappa shape index (κ2) is 5.08. The molecule has 0 aliphatic heterocycles. The smallest absolute Gasteiger partial charge is 0.342 e. The largest absolute Gasteiger partial charge is 0.477 e. The van der Waals surface area contributed by atoms with Crippen molar-refractivity contribution in [1.82, 2.24) is 9.97 Å². The quantitative estimate of drug-likeness (QED) is 0.659. The molecule has 19 heavy (non-hydrogen) atoms. The number of benzene rings is 1. The fourth-order valence-electron chi connectivity index (χ4n) is 1.37. The Bertz CT molecular complexity index is 629. The van der Waals surface area contributed by atoms with Crippen molar-refractivity contribution in [3.05, 3.63) is 52.5 Å². The van der Waals surface area contributed by atoms with Crippen molar-refractivity contribution in [1.29, 1.82) is 0 Å². The molecule has 2 aromatic rings. The van der Waals surface area contributed by atoms with Crippen LogP contribution < -0.4 is 4.74 Å². The Kier molecular flexibility index (Phi) is 3.33. The minimum atomic E-state index is -1.41. The molecular weight excluding hydrogens is 254 g/mol. The molecule has 0 aliphatic carbocycles. The van der Waals surface area contributed by atoms with E-state index in [1.165, 1.54) is 24.7 Å². The van der Waals surface area contributed by atoms with Gasteiger partial charge in [0.15, 0.2) is 0 Å². The van der Waals surface area contributed by atoms with E-state index in [1.54, 1.807) is 0 Å². The molecule has 96 valence electrons. The first-order valence-electron chi connectivity index (χ1n) is 5.03. The van der Waals surface area contributed by atoms with Crippen LogP contribution in [0, 0.1) is 10.1 Å². The first-order valence-corrected chi connectivity index (χ1v) is 5.03. The van der Waals surface area contributed by atoms with Crippen molar-refractivity contribution >= 4 is 11.7 Å². The van der Waals surface area contributed by atoms with Crippen molar-refractivity contribution in [2.45, 2.75) is 0 Å². The third kappa shape index (κ3) is 2.80. The van der Waals surface area contributed by atoms with Crippen LogP contribution in [0.1, 0.15) is 10.4 Å². The van der Waals surface area contributed by atoms with Crippen LogP contribution in [-0.4, -0.2) is 26.0 Å². The molecule has 0 unspecified atom stereocenters. The lowest BCUT2D eigenvalue weighted by Crippen LogP contribution is -2.03. The molecule has 0 atom stereocenters. The van der Waals surface area contributed by atoms with E-state index in [9.17, 15) is 14.9 Å². The van der Waals surface area contributed by atoms with E-state index in [-0.39, 0.29) is 11.6 Å². The number of nitrogens with zero attached hydrogens (tertiary/aromatic N) is 3. The van der Waals surface area contributed by atoms with Gasteiger partial charge in [-0.3, -0.25) is 15.1 Å². The van der Waals surface area contributed by atoms with Gasteiger partial charge in [-0.05, 0) is 6.07 Å². The molecule has 0 saturated carbocycles. The highest BCUT2D eigenvalue weighted by Gasteiger charge is 2.20. The zero-order valence-corrected chi connectivity index (χ0v) is 9.39. The molecule has 2 rings (SSSR count). The second-order valence-electron chi connectivity index (χ2n) is 3.39. The Balaban J connectivity index is 2.36. The van der Waals surface area contributed by atoms with Gasteiger partial charge < -0.3 is 9.84 Å². The highest BCUT2D eigenvalue weighted by molar-refractivity contribution is 5.92. The van der Waals surface area contributed by atoms with Gasteiger partial charge in [-0.15, -0.1) is 0 Å². The molecule has 0 spiro atoms. The molecule has 0 aliphatic rings. The van der Waals surface area contributed by atoms with E-state index in [4.69, 9.17) is 9.84 Å². The van der Waals surface area contributed by atoms with E-state index in [0.717, 1.165) is 12.1 Å². The van der Waals surface area contributed by atoms with Crippen LogP contribution in [0.5, 0.6) is 11.6 Å². The lowest BCUT2D eigenvalue weighted by atomic mass is 10.1. The van der Waals surface area contributed by atoms with Gasteiger partial charge in [-0.25, -0.2) is 9.78 Å². The Morgan fingerprint density at radius 3 is 2.74 bits per heavy atom. The summed E-state index contributed by atoms with van der Waals surface area (Å²) in [5.41, 5.74) is -0.953. The summed E-state index contributed by atoms with van der Waals surface area (Å²) in [7, 11) is 0. The first-order chi connectivity index (χ1) is 9.08. The van der Waals surface area contributed by atoms with Crippen molar-refractivity contribution in [3.63, 3.8) is 0 Å². The van der Waals surface area contributed by atoms with E-state index >= 15 is 0 Å². The summed E-state index contributed by atoms with van der Waals surface area (Å²) < 4.78 is 5.24. The minimum absolute atomic E-state index is 0.128. The fourth-order valence-corrected chi connectivity index (χ4v) is 1.37. The number of carboxylic acids is 1. The Morgan fingerprint density at radius 1 is 1.37 bits per heavy atom. The number of hydrogen-bond donors (Lipinski definition) is 1. The number of carbonyl (C=O) groups is 1. The van der Waals surface area contributed by atoms with Crippen LogP contribution in [0.2, 0.25) is 0 Å². The van der Waals surface area contributed by atoms with Crippen molar-refractivity contribution in [2.24, 2.45) is 0 Å². The molecule has 0 bridgehead atoms. The highest BCUT2D eigenvalue weighted by atomic mass is 16.6. The first kappa shape index (κ1) is 12.4. The topological polar surface area (TPSA) is 115 Å². The van der Waals surface area contributed by atoms with E-state index < -0.39 is 22.1 Å². The van der Waals surface area contributed by atoms with Crippen molar-refractivity contribution < 1.29 is 19.6 Å². The Morgan fingerprint density at radius 2 is 2.16 bits per heavy atom. The molecule has 8 heteroatoms. The molecular formula is C11H7N3O5. The van der Waals surface area contributed by atoms with Gasteiger partial charge in [-0.2, -0.15) is 0 Å². The van der Waals surface area contributed by atoms with Crippen LogP contribution >= 0.6 is 0 Å². The van der Waals surface area contributed by atoms with Gasteiger partial charge >= 0.3 is 5.97 Å². The highest BCUT2D eigenvalue weighted by Crippen LogP contribution is 2.26. The van der Waals surface area contributed by atoms with E-state index in [0.29, 0.717) is 0 Å². The second-order valence-corrected chi connectivity index (χ2v) is 3.39. The van der Waals surface area contributed by atoms with Gasteiger partial charge in [-0.1, -0.05) is 0 Å². The standard InChI is InChI=1S/C11H7N3O5/c15-11(16)8-5-7(1-2-9(8)14(17)18)19-10-6-12-3-4-13-10/h1-6H,(H,15,16). The zero-order valence-electron chi connectivity index (χ0n) is 9.39. The summed E-state index contributed by atoms with van der Waals surface area (Å²) in [4.78, 5) is 28.5. The minimum Gasteiger partial charge on any atom is -0.477 e. The van der Waals surface area contributed by atoms with Gasteiger partial charge in [0.05, 0.1) is 11.1 Å². The lowest BCUT2D eigenvalue weighted by Gasteiger charge is -2.05. The molecule has 1 heterocycles. The number of nitro groups is 1. The average Bonchev–Trinajstić information content (AvgIpc) is 2.39. The van der Waals surface area contributed by atoms with Crippen LogP contribution in [0.3, 0.4) is 0 Å². The van der Waals surface area contributed by atoms with Crippen molar-refractivity contribution in [3.8, 4) is 11.6 Å². The van der Waals surface area contributed by atoms with Gasteiger partial charge in [0.25, 0.3) is 5.69 Å². The molecule has 0 saturated heterocycles. The molecule has 1 N–H and O–H groups in total. The summed E-state index contributed by atoms with van der Waals surface area (Å²) >= 11 is 0.